The molecule has 1 aliphatic rings. The van der Waals surface area contributed by atoms with Crippen molar-refractivity contribution in [3.8, 4) is 5.75 Å². The second kappa shape index (κ2) is 10.4. The average molecular weight is 446 g/mol. The zero-order valence-electron chi connectivity index (χ0n) is 17.4. The molecule has 8 nitrogen and oxygen atoms in total. The van der Waals surface area contributed by atoms with Gasteiger partial charge in [0, 0.05) is 25.6 Å². The summed E-state index contributed by atoms with van der Waals surface area (Å²) in [5, 5.41) is 5.41. The summed E-state index contributed by atoms with van der Waals surface area (Å²) in [5.74, 6) is -0.0776. The molecule has 0 spiro atoms. The number of nitrogens with zero attached hydrogens (tertiary/aromatic N) is 1. The first-order valence-electron chi connectivity index (χ1n) is 10.1. The number of amides is 2. The first-order valence-corrected chi connectivity index (χ1v) is 11.6. The highest BCUT2D eigenvalue weighted by molar-refractivity contribution is 7.89. The number of sulfonamides is 1. The number of methoxy groups -OCH3 is 1. The molecule has 1 aliphatic heterocycles. The smallest absolute Gasteiger partial charge is 0.243 e. The van der Waals surface area contributed by atoms with Crippen molar-refractivity contribution in [1.29, 1.82) is 0 Å². The lowest BCUT2D eigenvalue weighted by Gasteiger charge is -2.30. The van der Waals surface area contributed by atoms with Gasteiger partial charge in [-0.2, -0.15) is 4.31 Å². The van der Waals surface area contributed by atoms with Crippen LogP contribution in [0.15, 0.2) is 59.5 Å². The van der Waals surface area contributed by atoms with E-state index >= 15 is 0 Å². The topological polar surface area (TPSA) is 105 Å². The number of rotatable bonds is 8. The second-order valence-corrected chi connectivity index (χ2v) is 9.27. The Morgan fingerprint density at radius 1 is 1.00 bits per heavy atom. The molecule has 2 N–H and O–H groups in total. The zero-order chi connectivity index (χ0) is 22.3. The van der Waals surface area contributed by atoms with Crippen LogP contribution in [-0.2, 0) is 26.2 Å². The molecule has 0 radical (unpaired) electrons. The highest BCUT2D eigenvalue weighted by atomic mass is 32.2. The Bertz CT molecular complexity index is 986. The maximum Gasteiger partial charge on any atom is 0.243 e. The third-order valence-corrected chi connectivity index (χ3v) is 7.19. The molecule has 0 saturated carbocycles. The molecule has 3 rings (SSSR count). The minimum Gasteiger partial charge on any atom is -0.497 e. The first kappa shape index (κ1) is 22.8. The van der Waals surface area contributed by atoms with Crippen LogP contribution in [0.3, 0.4) is 0 Å². The minimum atomic E-state index is -3.55. The largest absolute Gasteiger partial charge is 0.497 e. The number of hydrogen-bond donors (Lipinski definition) is 2. The lowest BCUT2D eigenvalue weighted by molar-refractivity contribution is -0.129. The van der Waals surface area contributed by atoms with Gasteiger partial charge in [-0.3, -0.25) is 9.59 Å². The fraction of sp³-hybridized carbons (Fsp3) is 0.364. The second-order valence-electron chi connectivity index (χ2n) is 7.33. The van der Waals surface area contributed by atoms with Gasteiger partial charge in [-0.05, 0) is 42.7 Å². The molecule has 0 unspecified atom stereocenters. The Hall–Kier alpha value is -2.91. The van der Waals surface area contributed by atoms with Crippen LogP contribution in [0.4, 0.5) is 0 Å². The van der Waals surface area contributed by atoms with E-state index in [4.69, 9.17) is 4.74 Å². The number of benzene rings is 2. The van der Waals surface area contributed by atoms with Crippen molar-refractivity contribution >= 4 is 21.8 Å². The molecule has 0 bridgehead atoms. The maximum atomic E-state index is 12.7. The van der Waals surface area contributed by atoms with Crippen LogP contribution in [0.2, 0.25) is 0 Å². The summed E-state index contributed by atoms with van der Waals surface area (Å²) >= 11 is 0. The Morgan fingerprint density at radius 2 is 1.65 bits per heavy atom. The number of carbonyl (C=O) groups is 2. The van der Waals surface area contributed by atoms with Gasteiger partial charge in [0.15, 0.2) is 0 Å². The quantitative estimate of drug-likeness (QED) is 0.641. The molecule has 2 aromatic carbocycles. The first-order chi connectivity index (χ1) is 14.9. The van der Waals surface area contributed by atoms with Gasteiger partial charge in [0.2, 0.25) is 21.8 Å². The molecule has 1 fully saturated rings. The summed E-state index contributed by atoms with van der Waals surface area (Å²) in [6, 6.07) is 15.6. The Labute approximate surface area is 182 Å². The van der Waals surface area contributed by atoms with E-state index in [1.165, 1.54) is 4.31 Å². The minimum absolute atomic E-state index is 0.114. The summed E-state index contributed by atoms with van der Waals surface area (Å²) < 4.78 is 31.8. The third-order valence-electron chi connectivity index (χ3n) is 5.28. The van der Waals surface area contributed by atoms with E-state index in [9.17, 15) is 18.0 Å². The number of carbonyl (C=O) groups excluding carboxylic acids is 2. The van der Waals surface area contributed by atoms with Gasteiger partial charge in [0.05, 0.1) is 18.6 Å². The fourth-order valence-corrected chi connectivity index (χ4v) is 4.91. The van der Waals surface area contributed by atoms with Gasteiger partial charge in [0.1, 0.15) is 5.75 Å². The molecule has 31 heavy (non-hydrogen) atoms. The van der Waals surface area contributed by atoms with Gasteiger partial charge in [-0.25, -0.2) is 8.42 Å². The van der Waals surface area contributed by atoms with Crippen LogP contribution in [0.5, 0.6) is 5.75 Å². The van der Waals surface area contributed by atoms with E-state index < -0.39 is 10.0 Å². The van der Waals surface area contributed by atoms with Crippen LogP contribution in [-0.4, -0.2) is 51.3 Å². The van der Waals surface area contributed by atoms with E-state index in [2.05, 4.69) is 10.6 Å². The van der Waals surface area contributed by atoms with Gasteiger partial charge in [0.25, 0.3) is 0 Å². The predicted molar refractivity (Wildman–Crippen MR) is 116 cm³/mol. The summed E-state index contributed by atoms with van der Waals surface area (Å²) in [6.07, 6.45) is 0.844. The molecule has 166 valence electrons. The molecule has 0 aromatic heterocycles. The van der Waals surface area contributed by atoms with Crippen molar-refractivity contribution in [3.05, 3.63) is 60.2 Å². The Balaban J connectivity index is 1.41. The lowest BCUT2D eigenvalue weighted by Crippen LogP contribution is -2.45. The van der Waals surface area contributed by atoms with Gasteiger partial charge in [-0.1, -0.05) is 30.3 Å². The molecule has 9 heteroatoms. The predicted octanol–water partition coefficient (Wildman–Crippen LogP) is 1.53. The van der Waals surface area contributed by atoms with E-state index in [1.54, 1.807) is 37.4 Å². The van der Waals surface area contributed by atoms with Crippen LogP contribution < -0.4 is 15.4 Å². The third kappa shape index (κ3) is 6.05. The number of ether oxygens (including phenoxy) is 1. The average Bonchev–Trinajstić information content (AvgIpc) is 2.82. The summed E-state index contributed by atoms with van der Waals surface area (Å²) in [6.45, 7) is 0.796. The van der Waals surface area contributed by atoms with Crippen molar-refractivity contribution in [2.75, 3.05) is 26.7 Å². The van der Waals surface area contributed by atoms with Crippen LogP contribution in [0, 0.1) is 5.92 Å². The Kier molecular flexibility index (Phi) is 7.64. The Morgan fingerprint density at radius 3 is 2.26 bits per heavy atom. The summed E-state index contributed by atoms with van der Waals surface area (Å²) in [7, 11) is -1.96. The molecule has 1 heterocycles. The lowest BCUT2D eigenvalue weighted by atomic mass is 9.97. The fourth-order valence-electron chi connectivity index (χ4n) is 3.42. The van der Waals surface area contributed by atoms with Crippen molar-refractivity contribution < 1.29 is 22.7 Å². The van der Waals surface area contributed by atoms with Crippen LogP contribution >= 0.6 is 0 Å². The molecule has 2 amide bonds. The van der Waals surface area contributed by atoms with E-state index in [-0.39, 0.29) is 42.3 Å². The van der Waals surface area contributed by atoms with Gasteiger partial charge < -0.3 is 15.4 Å². The SMILES string of the molecule is COc1ccc(CNC(=O)CNC(=O)C2CCN(S(=O)(=O)c3ccccc3)CC2)cc1. The number of hydrogen-bond acceptors (Lipinski definition) is 5. The zero-order valence-corrected chi connectivity index (χ0v) is 18.2. The van der Waals surface area contributed by atoms with Crippen LogP contribution in [0.25, 0.3) is 0 Å². The van der Waals surface area contributed by atoms with Crippen molar-refractivity contribution in [1.82, 2.24) is 14.9 Å². The highest BCUT2D eigenvalue weighted by Gasteiger charge is 2.32. The molecule has 0 aliphatic carbocycles. The van der Waals surface area contributed by atoms with Crippen molar-refractivity contribution in [3.63, 3.8) is 0 Å². The molecular weight excluding hydrogens is 418 g/mol. The van der Waals surface area contributed by atoms with E-state index in [0.717, 1.165) is 11.3 Å². The highest BCUT2D eigenvalue weighted by Crippen LogP contribution is 2.23. The van der Waals surface area contributed by atoms with Crippen molar-refractivity contribution in [2.45, 2.75) is 24.3 Å². The summed E-state index contributed by atoms with van der Waals surface area (Å²) in [4.78, 5) is 24.7. The van der Waals surface area contributed by atoms with Gasteiger partial charge in [-0.15, -0.1) is 0 Å². The van der Waals surface area contributed by atoms with E-state index in [0.29, 0.717) is 19.4 Å². The standard InChI is InChI=1S/C22H27N3O5S/c1-30-19-9-7-17(8-10-19)15-23-21(26)16-24-22(27)18-11-13-25(14-12-18)31(28,29)20-5-3-2-4-6-20/h2-10,18H,11-16H2,1H3,(H,23,26)(H,24,27). The number of nitrogens with one attached hydrogen (secondary N) is 2. The number of piperidine rings is 1. The molecule has 0 atom stereocenters. The van der Waals surface area contributed by atoms with Gasteiger partial charge >= 0.3 is 0 Å². The molecule has 2 aromatic rings. The van der Waals surface area contributed by atoms with E-state index in [1.807, 2.05) is 24.3 Å². The normalized spacial score (nSPS) is 15.3. The van der Waals surface area contributed by atoms with Crippen molar-refractivity contribution in [2.24, 2.45) is 5.92 Å². The summed E-state index contributed by atoms with van der Waals surface area (Å²) in [5.41, 5.74) is 0.924. The molecule has 1 saturated heterocycles. The molecular formula is C22H27N3O5S. The maximum absolute atomic E-state index is 12.7. The van der Waals surface area contributed by atoms with Crippen LogP contribution in [0.1, 0.15) is 18.4 Å². The monoisotopic (exact) mass is 445 g/mol.